The number of benzene rings is 1. The van der Waals surface area contributed by atoms with E-state index >= 15 is 0 Å². The highest BCUT2D eigenvalue weighted by molar-refractivity contribution is 5.97. The van der Waals surface area contributed by atoms with Gasteiger partial charge in [-0.15, -0.1) is 0 Å². The van der Waals surface area contributed by atoms with Crippen molar-refractivity contribution in [3.05, 3.63) is 34.4 Å². The Morgan fingerprint density at radius 1 is 1.29 bits per heavy atom. The second-order valence-corrected chi connectivity index (χ2v) is 4.94. The Bertz CT molecular complexity index is 401. The molecule has 0 heterocycles. The topological polar surface area (TPSA) is 46.3 Å². The molecule has 0 bridgehead atoms. The molecule has 1 aromatic rings. The summed E-state index contributed by atoms with van der Waals surface area (Å²) in [4.78, 5) is 14.0. The van der Waals surface area contributed by atoms with Gasteiger partial charge < -0.3 is 10.6 Å². The van der Waals surface area contributed by atoms with Crippen LogP contribution < -0.4 is 5.73 Å². The van der Waals surface area contributed by atoms with E-state index in [1.807, 2.05) is 39.8 Å². The van der Waals surface area contributed by atoms with Crippen LogP contribution in [-0.4, -0.2) is 30.4 Å². The van der Waals surface area contributed by atoms with Crippen molar-refractivity contribution in [1.29, 1.82) is 0 Å². The molecular weight excluding hydrogens is 212 g/mol. The van der Waals surface area contributed by atoms with Gasteiger partial charge in [0, 0.05) is 25.2 Å². The Morgan fingerprint density at radius 2 is 1.76 bits per heavy atom. The molecule has 0 spiro atoms. The Kier molecular flexibility index (Phi) is 4.29. The Morgan fingerprint density at radius 3 is 2.18 bits per heavy atom. The number of hydrogen-bond acceptors (Lipinski definition) is 2. The summed E-state index contributed by atoms with van der Waals surface area (Å²) in [5, 5.41) is 0. The molecule has 0 saturated heterocycles. The molecule has 94 valence electrons. The first-order valence-electron chi connectivity index (χ1n) is 5.91. The molecule has 1 unspecified atom stereocenters. The van der Waals surface area contributed by atoms with Crippen molar-refractivity contribution in [2.24, 2.45) is 5.73 Å². The summed E-state index contributed by atoms with van der Waals surface area (Å²) in [6.07, 6.45) is 0. The fourth-order valence-electron chi connectivity index (χ4n) is 2.22. The number of hydrogen-bond donors (Lipinski definition) is 1. The number of carbonyl (C=O) groups excluding carboxylic acids is 1. The number of amides is 1. The molecule has 2 N–H and O–H groups in total. The number of aryl methyl sites for hydroxylation is 3. The maximum atomic E-state index is 12.3. The lowest BCUT2D eigenvalue weighted by atomic mass is 9.99. The maximum Gasteiger partial charge on any atom is 0.254 e. The van der Waals surface area contributed by atoms with Gasteiger partial charge in [-0.3, -0.25) is 4.79 Å². The van der Waals surface area contributed by atoms with Crippen LogP contribution in [0, 0.1) is 20.8 Å². The lowest BCUT2D eigenvalue weighted by Gasteiger charge is -2.21. The Balaban J connectivity index is 3.04. The Hall–Kier alpha value is -1.35. The lowest BCUT2D eigenvalue weighted by molar-refractivity contribution is 0.0787. The van der Waals surface area contributed by atoms with Crippen LogP contribution in [-0.2, 0) is 0 Å². The summed E-state index contributed by atoms with van der Waals surface area (Å²) in [6.45, 7) is 8.48. The summed E-state index contributed by atoms with van der Waals surface area (Å²) < 4.78 is 0. The summed E-state index contributed by atoms with van der Waals surface area (Å²) in [5.41, 5.74) is 9.77. The van der Waals surface area contributed by atoms with Crippen LogP contribution in [0.25, 0.3) is 0 Å². The van der Waals surface area contributed by atoms with E-state index in [0.29, 0.717) is 6.54 Å². The zero-order valence-electron chi connectivity index (χ0n) is 11.4. The fourth-order valence-corrected chi connectivity index (χ4v) is 2.22. The summed E-state index contributed by atoms with van der Waals surface area (Å²) >= 11 is 0. The van der Waals surface area contributed by atoms with Crippen molar-refractivity contribution in [2.75, 3.05) is 13.6 Å². The molecule has 3 nitrogen and oxygen atoms in total. The normalized spacial score (nSPS) is 12.4. The minimum atomic E-state index is -0.00462. The van der Waals surface area contributed by atoms with Gasteiger partial charge in [-0.05, 0) is 38.8 Å². The van der Waals surface area contributed by atoms with Crippen LogP contribution in [0.4, 0.5) is 0 Å². The summed E-state index contributed by atoms with van der Waals surface area (Å²) in [7, 11) is 1.80. The predicted octanol–water partition coefficient (Wildman–Crippen LogP) is 2.03. The average Bonchev–Trinajstić information content (AvgIpc) is 2.14. The molecule has 1 rings (SSSR count). The summed E-state index contributed by atoms with van der Waals surface area (Å²) in [6, 6.07) is 4.08. The molecule has 1 amide bonds. The third-order valence-corrected chi connectivity index (χ3v) is 2.80. The predicted molar refractivity (Wildman–Crippen MR) is 71.3 cm³/mol. The third-order valence-electron chi connectivity index (χ3n) is 2.80. The van der Waals surface area contributed by atoms with Crippen molar-refractivity contribution >= 4 is 5.91 Å². The van der Waals surface area contributed by atoms with Gasteiger partial charge in [-0.25, -0.2) is 0 Å². The van der Waals surface area contributed by atoms with E-state index in [0.717, 1.165) is 16.7 Å². The molecular formula is C14H22N2O. The fraction of sp³-hybridized carbons (Fsp3) is 0.500. The number of likely N-dealkylation sites (N-methyl/N-ethyl adjacent to an activating group) is 1. The van der Waals surface area contributed by atoms with Crippen LogP contribution in [0.5, 0.6) is 0 Å². The molecule has 0 saturated carbocycles. The average molecular weight is 234 g/mol. The SMILES string of the molecule is Cc1cc(C)c(C(=O)N(C)CC(C)N)c(C)c1. The molecule has 0 aliphatic heterocycles. The minimum absolute atomic E-state index is 0.00462. The van der Waals surface area contributed by atoms with E-state index in [1.165, 1.54) is 5.56 Å². The van der Waals surface area contributed by atoms with Crippen molar-refractivity contribution in [3.63, 3.8) is 0 Å². The molecule has 17 heavy (non-hydrogen) atoms. The largest absolute Gasteiger partial charge is 0.340 e. The van der Waals surface area contributed by atoms with Crippen molar-refractivity contribution in [1.82, 2.24) is 4.90 Å². The number of nitrogens with zero attached hydrogens (tertiary/aromatic N) is 1. The van der Waals surface area contributed by atoms with Gasteiger partial charge >= 0.3 is 0 Å². The lowest BCUT2D eigenvalue weighted by Crippen LogP contribution is -2.37. The maximum absolute atomic E-state index is 12.3. The smallest absolute Gasteiger partial charge is 0.254 e. The highest BCUT2D eigenvalue weighted by Crippen LogP contribution is 2.18. The first kappa shape index (κ1) is 13.7. The first-order valence-corrected chi connectivity index (χ1v) is 5.91. The van der Waals surface area contributed by atoms with Crippen molar-refractivity contribution in [3.8, 4) is 0 Å². The zero-order chi connectivity index (χ0) is 13.2. The van der Waals surface area contributed by atoms with E-state index in [2.05, 4.69) is 0 Å². The van der Waals surface area contributed by atoms with Crippen molar-refractivity contribution < 1.29 is 4.79 Å². The van der Waals surface area contributed by atoms with Crippen LogP contribution in [0.15, 0.2) is 12.1 Å². The van der Waals surface area contributed by atoms with Gasteiger partial charge in [-0.1, -0.05) is 17.7 Å². The third kappa shape index (κ3) is 3.30. The first-order chi connectivity index (χ1) is 7.82. The van der Waals surface area contributed by atoms with Crippen LogP contribution >= 0.6 is 0 Å². The molecule has 0 aliphatic rings. The van der Waals surface area contributed by atoms with E-state index < -0.39 is 0 Å². The van der Waals surface area contributed by atoms with E-state index in [-0.39, 0.29) is 11.9 Å². The molecule has 3 heteroatoms. The second kappa shape index (κ2) is 5.32. The standard InChI is InChI=1S/C14H22N2O/c1-9-6-10(2)13(11(3)7-9)14(17)16(5)8-12(4)15/h6-7,12H,8,15H2,1-5H3. The number of carbonyl (C=O) groups is 1. The van der Waals surface area contributed by atoms with Gasteiger partial charge in [0.1, 0.15) is 0 Å². The van der Waals surface area contributed by atoms with Gasteiger partial charge in [0.15, 0.2) is 0 Å². The molecule has 0 aliphatic carbocycles. The van der Waals surface area contributed by atoms with Gasteiger partial charge in [-0.2, -0.15) is 0 Å². The minimum Gasteiger partial charge on any atom is -0.340 e. The highest BCUT2D eigenvalue weighted by atomic mass is 16.2. The van der Waals surface area contributed by atoms with Gasteiger partial charge in [0.2, 0.25) is 0 Å². The van der Waals surface area contributed by atoms with E-state index in [1.54, 1.807) is 11.9 Å². The Labute approximate surface area is 104 Å². The van der Waals surface area contributed by atoms with E-state index in [9.17, 15) is 4.79 Å². The monoisotopic (exact) mass is 234 g/mol. The molecule has 1 aromatic carbocycles. The summed E-state index contributed by atoms with van der Waals surface area (Å²) in [5.74, 6) is 0.0531. The molecule has 0 aromatic heterocycles. The van der Waals surface area contributed by atoms with Gasteiger partial charge in [0.25, 0.3) is 5.91 Å². The van der Waals surface area contributed by atoms with Gasteiger partial charge in [0.05, 0.1) is 0 Å². The van der Waals surface area contributed by atoms with Crippen LogP contribution in [0.2, 0.25) is 0 Å². The van der Waals surface area contributed by atoms with E-state index in [4.69, 9.17) is 5.73 Å². The highest BCUT2D eigenvalue weighted by Gasteiger charge is 2.17. The second-order valence-electron chi connectivity index (χ2n) is 4.94. The quantitative estimate of drug-likeness (QED) is 0.870. The van der Waals surface area contributed by atoms with Crippen LogP contribution in [0.3, 0.4) is 0 Å². The molecule has 0 fully saturated rings. The number of nitrogens with two attached hydrogens (primary N) is 1. The number of rotatable bonds is 3. The zero-order valence-corrected chi connectivity index (χ0v) is 11.4. The molecule has 1 atom stereocenters. The molecule has 0 radical (unpaired) electrons. The van der Waals surface area contributed by atoms with Crippen LogP contribution in [0.1, 0.15) is 34.0 Å². The van der Waals surface area contributed by atoms with Crippen molar-refractivity contribution in [2.45, 2.75) is 33.7 Å².